The van der Waals surface area contributed by atoms with Crippen molar-refractivity contribution in [2.45, 2.75) is 102 Å². The van der Waals surface area contributed by atoms with Crippen molar-refractivity contribution in [3.63, 3.8) is 0 Å². The van der Waals surface area contributed by atoms with Crippen LogP contribution in [0.1, 0.15) is 77.7 Å². The first kappa shape index (κ1) is 34.7. The predicted octanol–water partition coefficient (Wildman–Crippen LogP) is 3.11. The summed E-state index contributed by atoms with van der Waals surface area (Å²) in [5.41, 5.74) is -1.46. The largest absolute Gasteiger partial charge is 0.444 e. The molecule has 1 aromatic carbocycles. The van der Waals surface area contributed by atoms with Crippen molar-refractivity contribution < 1.29 is 32.3 Å². The zero-order valence-corrected chi connectivity index (χ0v) is 27.6. The van der Waals surface area contributed by atoms with Gasteiger partial charge in [-0.15, -0.1) is 0 Å². The molecule has 0 spiro atoms. The van der Waals surface area contributed by atoms with Crippen LogP contribution in [-0.2, 0) is 35.8 Å². The van der Waals surface area contributed by atoms with Crippen LogP contribution in [0.5, 0.6) is 0 Å². The molecule has 2 heterocycles. The molecule has 2 fully saturated rings. The van der Waals surface area contributed by atoms with Gasteiger partial charge in [0.25, 0.3) is 5.91 Å². The highest BCUT2D eigenvalue weighted by molar-refractivity contribution is 7.88. The summed E-state index contributed by atoms with van der Waals surface area (Å²) in [6, 6.07) is 5.33. The molecule has 4 atom stereocenters. The van der Waals surface area contributed by atoms with Crippen LogP contribution in [0.25, 0.3) is 0 Å². The van der Waals surface area contributed by atoms with Gasteiger partial charge in [-0.3, -0.25) is 14.4 Å². The van der Waals surface area contributed by atoms with E-state index < -0.39 is 57.3 Å². The highest BCUT2D eigenvalue weighted by Crippen LogP contribution is 2.45. The van der Waals surface area contributed by atoms with Crippen LogP contribution in [0.15, 0.2) is 36.4 Å². The minimum atomic E-state index is -4.25. The summed E-state index contributed by atoms with van der Waals surface area (Å²) in [6.45, 7) is 5.53. The second-order valence-corrected chi connectivity index (χ2v) is 14.8. The van der Waals surface area contributed by atoms with Gasteiger partial charge in [-0.2, -0.15) is 13.1 Å². The second kappa shape index (κ2) is 14.5. The van der Waals surface area contributed by atoms with Crippen LogP contribution in [0.4, 0.5) is 4.79 Å². The molecule has 1 saturated heterocycles. The number of hydrogen-bond acceptors (Lipinski definition) is 7. The lowest BCUT2D eigenvalue weighted by Crippen LogP contribution is -2.59. The molecule has 1 aliphatic carbocycles. The zero-order chi connectivity index (χ0) is 32.8. The smallest absolute Gasteiger partial charge is 0.408 e. The standard InChI is InChI=1S/C31H44ClN5O7S/c1-30(2,3)44-29(41)34-24-15-8-6-4-5-7-13-22-20-31(22,35-26(38)25-16-11-19-37(25)27(24)39)28(40)36-45(42,43)33-18-17-21-12-9-10-14-23(21)32/h7,9-10,12-14,22,24-25,33H,4-6,8,11,15-20H2,1-3H3,(H,34,41)(H,35,38)(H,36,40)/b13-7-/t22-,24-,25-,31+/m0/s1. The summed E-state index contributed by atoms with van der Waals surface area (Å²) < 4.78 is 35.5. The summed E-state index contributed by atoms with van der Waals surface area (Å²) in [7, 11) is -4.25. The van der Waals surface area contributed by atoms with Crippen LogP contribution in [0.3, 0.4) is 0 Å². The van der Waals surface area contributed by atoms with E-state index in [-0.39, 0.29) is 18.9 Å². The van der Waals surface area contributed by atoms with Gasteiger partial charge < -0.3 is 20.3 Å². The number of nitrogens with zero attached hydrogens (tertiary/aromatic N) is 1. The van der Waals surface area contributed by atoms with E-state index in [4.69, 9.17) is 16.3 Å². The Morgan fingerprint density at radius 2 is 1.87 bits per heavy atom. The SMILES string of the molecule is CC(C)(C)OC(=O)N[C@H]1CCCCC/C=C\[C@H]2C[C@@]2(C(=O)NS(=O)(=O)NCCc2ccccc2Cl)NC(=O)[C@@H]2CCCN2C1=O. The van der Waals surface area contributed by atoms with Gasteiger partial charge in [0, 0.05) is 24.0 Å². The van der Waals surface area contributed by atoms with Crippen LogP contribution < -0.4 is 20.1 Å². The summed E-state index contributed by atoms with van der Waals surface area (Å²) in [4.78, 5) is 54.9. The van der Waals surface area contributed by atoms with E-state index in [0.717, 1.165) is 18.4 Å². The second-order valence-electron chi connectivity index (χ2n) is 12.9. The fourth-order valence-electron chi connectivity index (χ4n) is 5.81. The molecule has 0 radical (unpaired) electrons. The Kier molecular flexibility index (Phi) is 11.2. The Labute approximate surface area is 270 Å². The number of rotatable bonds is 7. The fourth-order valence-corrected chi connectivity index (χ4v) is 6.91. The first-order valence-electron chi connectivity index (χ1n) is 15.5. The number of ether oxygens (including phenoxy) is 1. The van der Waals surface area contributed by atoms with Crippen LogP contribution >= 0.6 is 11.6 Å². The van der Waals surface area contributed by atoms with Crippen molar-refractivity contribution in [1.29, 1.82) is 0 Å². The molecule has 1 saturated carbocycles. The molecule has 14 heteroatoms. The molecule has 45 heavy (non-hydrogen) atoms. The number of benzene rings is 1. The maximum Gasteiger partial charge on any atom is 0.408 e. The highest BCUT2D eigenvalue weighted by Gasteiger charge is 2.61. The van der Waals surface area contributed by atoms with E-state index in [2.05, 4.69) is 20.1 Å². The van der Waals surface area contributed by atoms with Gasteiger partial charge in [0.05, 0.1) is 0 Å². The molecular weight excluding hydrogens is 622 g/mol. The number of fused-ring (bicyclic) bond motifs is 2. The van der Waals surface area contributed by atoms with E-state index in [0.29, 0.717) is 50.1 Å². The van der Waals surface area contributed by atoms with Crippen molar-refractivity contribution in [3.05, 3.63) is 47.0 Å². The van der Waals surface area contributed by atoms with E-state index in [9.17, 15) is 27.6 Å². The van der Waals surface area contributed by atoms with Crippen molar-refractivity contribution in [2.75, 3.05) is 13.1 Å². The Hall–Kier alpha value is -3.16. The van der Waals surface area contributed by atoms with Gasteiger partial charge >= 0.3 is 16.3 Å². The lowest BCUT2D eigenvalue weighted by molar-refractivity contribution is -0.141. The van der Waals surface area contributed by atoms with Crippen LogP contribution in [-0.4, -0.2) is 73.4 Å². The van der Waals surface area contributed by atoms with E-state index in [1.54, 1.807) is 45.0 Å². The normalized spacial score (nSPS) is 26.8. The number of halogens is 1. The molecule has 1 aromatic rings. The maximum absolute atomic E-state index is 13.7. The van der Waals surface area contributed by atoms with Gasteiger partial charge in [0.15, 0.2) is 0 Å². The Balaban J connectivity index is 1.47. The van der Waals surface area contributed by atoms with Gasteiger partial charge in [0.2, 0.25) is 11.8 Å². The topological polar surface area (TPSA) is 163 Å². The first-order valence-corrected chi connectivity index (χ1v) is 17.4. The van der Waals surface area contributed by atoms with E-state index in [1.807, 2.05) is 12.2 Å². The molecule has 2 aliphatic heterocycles. The first-order chi connectivity index (χ1) is 21.2. The average molecular weight is 666 g/mol. The maximum atomic E-state index is 13.7. The number of allylic oxidation sites excluding steroid dienone is 1. The Bertz CT molecular complexity index is 1410. The average Bonchev–Trinajstić information content (AvgIpc) is 3.40. The third-order valence-corrected chi connectivity index (χ3v) is 9.60. The van der Waals surface area contributed by atoms with Crippen LogP contribution in [0.2, 0.25) is 5.02 Å². The number of nitrogens with one attached hydrogen (secondary N) is 4. The molecule has 248 valence electrons. The molecule has 0 bridgehead atoms. The van der Waals surface area contributed by atoms with Crippen LogP contribution in [0, 0.1) is 5.92 Å². The summed E-state index contributed by atoms with van der Waals surface area (Å²) >= 11 is 6.16. The molecule has 4 amide bonds. The summed E-state index contributed by atoms with van der Waals surface area (Å²) in [5, 5.41) is 6.02. The van der Waals surface area contributed by atoms with Crippen molar-refractivity contribution in [1.82, 2.24) is 25.0 Å². The van der Waals surface area contributed by atoms with Crippen molar-refractivity contribution >= 4 is 45.6 Å². The molecule has 4 rings (SSSR count). The van der Waals surface area contributed by atoms with Crippen molar-refractivity contribution in [2.24, 2.45) is 5.92 Å². The van der Waals surface area contributed by atoms with Crippen molar-refractivity contribution in [3.8, 4) is 0 Å². The minimum absolute atomic E-state index is 0.00663. The van der Waals surface area contributed by atoms with Gasteiger partial charge in [-0.05, 0) is 77.3 Å². The predicted molar refractivity (Wildman–Crippen MR) is 169 cm³/mol. The molecule has 0 aromatic heterocycles. The third-order valence-electron chi connectivity index (χ3n) is 8.20. The molecule has 4 N–H and O–H groups in total. The van der Waals surface area contributed by atoms with Gasteiger partial charge in [-0.1, -0.05) is 54.8 Å². The Morgan fingerprint density at radius 3 is 2.60 bits per heavy atom. The number of alkyl carbamates (subject to hydrolysis) is 1. The molecule has 12 nitrogen and oxygen atoms in total. The molecular formula is C31H44ClN5O7S. The number of carbonyl (C=O) groups is 4. The number of carbonyl (C=O) groups excluding carboxylic acids is 4. The summed E-state index contributed by atoms with van der Waals surface area (Å²) in [6.07, 6.45) is 7.95. The van der Waals surface area contributed by atoms with Gasteiger partial charge in [0.1, 0.15) is 23.2 Å². The van der Waals surface area contributed by atoms with E-state index in [1.165, 1.54) is 4.90 Å². The molecule has 0 unspecified atom stereocenters. The summed E-state index contributed by atoms with van der Waals surface area (Å²) in [5.74, 6) is -2.18. The minimum Gasteiger partial charge on any atom is -0.444 e. The lowest BCUT2D eigenvalue weighted by atomic mass is 10.0. The lowest BCUT2D eigenvalue weighted by Gasteiger charge is -2.30. The Morgan fingerprint density at radius 1 is 1.11 bits per heavy atom. The molecule has 3 aliphatic rings. The highest BCUT2D eigenvalue weighted by atomic mass is 35.5. The zero-order valence-electron chi connectivity index (χ0n) is 26.1. The monoisotopic (exact) mass is 665 g/mol. The number of amides is 4. The van der Waals surface area contributed by atoms with Gasteiger partial charge in [-0.25, -0.2) is 9.52 Å². The number of hydrogen-bond donors (Lipinski definition) is 4. The fraction of sp³-hybridized carbons (Fsp3) is 0.613. The quantitative estimate of drug-likeness (QED) is 0.325. The van der Waals surface area contributed by atoms with E-state index >= 15 is 0 Å². The third kappa shape index (κ3) is 9.43.